The van der Waals surface area contributed by atoms with E-state index in [9.17, 15) is 0 Å². The van der Waals surface area contributed by atoms with Gasteiger partial charge in [-0.3, -0.25) is 0 Å². The minimum absolute atomic E-state index is 0.845. The van der Waals surface area contributed by atoms with E-state index in [1.165, 1.54) is 32.1 Å². The molecule has 1 N–H and O–H groups in total. The summed E-state index contributed by atoms with van der Waals surface area (Å²) in [7, 11) is 0. The van der Waals surface area contributed by atoms with Crippen LogP contribution in [0.5, 0.6) is 0 Å². The molecule has 2 aliphatic rings. The molecule has 0 spiro atoms. The molecule has 2 fully saturated rings. The Morgan fingerprint density at radius 3 is 2.71 bits per heavy atom. The average molecular weight is 207 g/mol. The van der Waals surface area contributed by atoms with Gasteiger partial charge in [0.25, 0.3) is 0 Å². The van der Waals surface area contributed by atoms with E-state index in [0.29, 0.717) is 0 Å². The van der Waals surface area contributed by atoms with E-state index in [-0.39, 0.29) is 0 Å². The standard InChI is InChI=1S/C12H17NS/c1-2-12-7-10(6-11(1)13-12)5-9-3-4-14-8-9/h3-4,8,10-13H,1-2,5-7H2/t10?,11-,12+. The van der Waals surface area contributed by atoms with E-state index < -0.39 is 0 Å². The summed E-state index contributed by atoms with van der Waals surface area (Å²) in [6.45, 7) is 0. The Kier molecular flexibility index (Phi) is 2.34. The summed E-state index contributed by atoms with van der Waals surface area (Å²) in [4.78, 5) is 0. The van der Waals surface area contributed by atoms with Gasteiger partial charge in [0.05, 0.1) is 0 Å². The highest BCUT2D eigenvalue weighted by Gasteiger charge is 2.33. The molecule has 1 aromatic rings. The summed E-state index contributed by atoms with van der Waals surface area (Å²) in [6.07, 6.45) is 6.98. The molecule has 1 aromatic heterocycles. The third-order valence-electron chi connectivity index (χ3n) is 3.68. The van der Waals surface area contributed by atoms with Crippen LogP contribution in [0, 0.1) is 5.92 Å². The molecule has 3 atom stereocenters. The SMILES string of the molecule is c1cc(CC2C[C@H]3CC[C@@H](C2)N3)cs1. The lowest BCUT2D eigenvalue weighted by Crippen LogP contribution is -2.38. The summed E-state index contributed by atoms with van der Waals surface area (Å²) in [5.41, 5.74) is 1.56. The molecular formula is C12H17NS. The Bertz CT molecular complexity index is 281. The molecule has 0 aromatic carbocycles. The van der Waals surface area contributed by atoms with Gasteiger partial charge in [0, 0.05) is 12.1 Å². The molecule has 14 heavy (non-hydrogen) atoms. The number of rotatable bonds is 2. The smallest absolute Gasteiger partial charge is 0.00729 e. The van der Waals surface area contributed by atoms with Gasteiger partial charge in [0.15, 0.2) is 0 Å². The molecule has 1 nitrogen and oxygen atoms in total. The fourth-order valence-corrected chi connectivity index (χ4v) is 3.77. The minimum atomic E-state index is 0.845. The lowest BCUT2D eigenvalue weighted by molar-refractivity contribution is 0.298. The van der Waals surface area contributed by atoms with Gasteiger partial charge < -0.3 is 5.32 Å². The summed E-state index contributed by atoms with van der Waals surface area (Å²) in [5.74, 6) is 0.948. The molecule has 0 saturated carbocycles. The molecule has 2 bridgehead atoms. The molecule has 1 unspecified atom stereocenters. The molecule has 0 amide bonds. The van der Waals surface area contributed by atoms with Crippen LogP contribution in [0.4, 0.5) is 0 Å². The van der Waals surface area contributed by atoms with Crippen molar-refractivity contribution < 1.29 is 0 Å². The Labute approximate surface area is 89.5 Å². The fraction of sp³-hybridized carbons (Fsp3) is 0.667. The molecule has 76 valence electrons. The van der Waals surface area contributed by atoms with Crippen LogP contribution in [0.3, 0.4) is 0 Å². The zero-order chi connectivity index (χ0) is 9.38. The molecule has 3 rings (SSSR count). The Balaban J connectivity index is 1.64. The van der Waals surface area contributed by atoms with Gasteiger partial charge in [-0.25, -0.2) is 0 Å². The quantitative estimate of drug-likeness (QED) is 0.786. The van der Waals surface area contributed by atoms with Crippen molar-refractivity contribution in [3.8, 4) is 0 Å². The second-order valence-corrected chi connectivity index (χ2v) is 5.59. The molecular weight excluding hydrogens is 190 g/mol. The van der Waals surface area contributed by atoms with Gasteiger partial charge in [-0.15, -0.1) is 0 Å². The summed E-state index contributed by atoms with van der Waals surface area (Å²) in [6, 6.07) is 3.98. The fourth-order valence-electron chi connectivity index (χ4n) is 3.08. The number of nitrogens with one attached hydrogen (secondary N) is 1. The van der Waals surface area contributed by atoms with Crippen molar-refractivity contribution in [3.63, 3.8) is 0 Å². The molecule has 0 aliphatic carbocycles. The zero-order valence-corrected chi connectivity index (χ0v) is 9.22. The zero-order valence-electron chi connectivity index (χ0n) is 8.41. The second kappa shape index (κ2) is 3.67. The van der Waals surface area contributed by atoms with Crippen LogP contribution in [-0.4, -0.2) is 12.1 Å². The Morgan fingerprint density at radius 1 is 1.29 bits per heavy atom. The first kappa shape index (κ1) is 8.93. The van der Waals surface area contributed by atoms with Gasteiger partial charge in [-0.05, 0) is 60.4 Å². The average Bonchev–Trinajstić information content (AvgIpc) is 2.77. The van der Waals surface area contributed by atoms with Crippen LogP contribution in [0.25, 0.3) is 0 Å². The van der Waals surface area contributed by atoms with E-state index >= 15 is 0 Å². The largest absolute Gasteiger partial charge is 0.311 e. The molecule has 2 saturated heterocycles. The van der Waals surface area contributed by atoms with Crippen molar-refractivity contribution in [1.29, 1.82) is 0 Å². The predicted octanol–water partition coefficient (Wildman–Crippen LogP) is 2.82. The topological polar surface area (TPSA) is 12.0 Å². The normalized spacial score (nSPS) is 36.1. The summed E-state index contributed by atoms with van der Waals surface area (Å²) in [5, 5.41) is 8.21. The van der Waals surface area contributed by atoms with Crippen molar-refractivity contribution in [3.05, 3.63) is 22.4 Å². The summed E-state index contributed by atoms with van der Waals surface area (Å²) < 4.78 is 0. The number of piperidine rings is 1. The third kappa shape index (κ3) is 1.73. The van der Waals surface area contributed by atoms with Gasteiger partial charge in [0.2, 0.25) is 0 Å². The minimum Gasteiger partial charge on any atom is -0.311 e. The highest BCUT2D eigenvalue weighted by Crippen LogP contribution is 2.32. The van der Waals surface area contributed by atoms with E-state index in [2.05, 4.69) is 22.1 Å². The third-order valence-corrected chi connectivity index (χ3v) is 4.41. The van der Waals surface area contributed by atoms with Gasteiger partial charge in [-0.2, -0.15) is 11.3 Å². The first-order chi connectivity index (χ1) is 6.90. The number of hydrogen-bond acceptors (Lipinski definition) is 2. The first-order valence-corrected chi connectivity index (χ1v) is 6.61. The second-order valence-electron chi connectivity index (χ2n) is 4.81. The number of thiophene rings is 1. The van der Waals surface area contributed by atoms with Crippen LogP contribution in [0.15, 0.2) is 16.8 Å². The van der Waals surface area contributed by atoms with E-state index in [1.54, 1.807) is 5.56 Å². The van der Waals surface area contributed by atoms with Crippen molar-refractivity contribution in [2.24, 2.45) is 5.92 Å². The van der Waals surface area contributed by atoms with Gasteiger partial charge in [-0.1, -0.05) is 0 Å². The highest BCUT2D eigenvalue weighted by molar-refractivity contribution is 7.07. The number of hydrogen-bond donors (Lipinski definition) is 1. The van der Waals surface area contributed by atoms with Crippen LogP contribution < -0.4 is 5.32 Å². The van der Waals surface area contributed by atoms with Crippen LogP contribution >= 0.6 is 11.3 Å². The predicted molar refractivity (Wildman–Crippen MR) is 60.7 cm³/mol. The van der Waals surface area contributed by atoms with Gasteiger partial charge in [0.1, 0.15) is 0 Å². The molecule has 2 aliphatic heterocycles. The van der Waals surface area contributed by atoms with E-state index in [4.69, 9.17) is 0 Å². The lowest BCUT2D eigenvalue weighted by atomic mass is 9.88. The van der Waals surface area contributed by atoms with Crippen molar-refractivity contribution >= 4 is 11.3 Å². The van der Waals surface area contributed by atoms with Gasteiger partial charge >= 0.3 is 0 Å². The molecule has 3 heterocycles. The van der Waals surface area contributed by atoms with Crippen LogP contribution in [0.2, 0.25) is 0 Å². The highest BCUT2D eigenvalue weighted by atomic mass is 32.1. The summed E-state index contributed by atoms with van der Waals surface area (Å²) >= 11 is 1.83. The van der Waals surface area contributed by atoms with Crippen LogP contribution in [0.1, 0.15) is 31.2 Å². The van der Waals surface area contributed by atoms with Crippen molar-refractivity contribution in [1.82, 2.24) is 5.32 Å². The van der Waals surface area contributed by atoms with E-state index in [0.717, 1.165) is 18.0 Å². The van der Waals surface area contributed by atoms with Crippen molar-refractivity contribution in [2.45, 2.75) is 44.2 Å². The monoisotopic (exact) mass is 207 g/mol. The van der Waals surface area contributed by atoms with Crippen LogP contribution in [-0.2, 0) is 6.42 Å². The maximum absolute atomic E-state index is 3.70. The maximum atomic E-state index is 3.70. The molecule has 2 heteroatoms. The Morgan fingerprint density at radius 2 is 2.07 bits per heavy atom. The Hall–Kier alpha value is -0.340. The lowest BCUT2D eigenvalue weighted by Gasteiger charge is -2.28. The number of fused-ring (bicyclic) bond motifs is 2. The maximum Gasteiger partial charge on any atom is 0.00729 e. The van der Waals surface area contributed by atoms with Crippen molar-refractivity contribution in [2.75, 3.05) is 0 Å². The first-order valence-electron chi connectivity index (χ1n) is 5.67. The molecule has 0 radical (unpaired) electrons. The van der Waals surface area contributed by atoms with E-state index in [1.807, 2.05) is 11.3 Å².